The maximum Gasteiger partial charge on any atom is 0.0568 e. The van der Waals surface area contributed by atoms with Crippen LogP contribution in [-0.2, 0) is 5.88 Å². The van der Waals surface area contributed by atoms with Crippen LogP contribution in [0.3, 0.4) is 0 Å². The van der Waals surface area contributed by atoms with Gasteiger partial charge in [0.1, 0.15) is 0 Å². The van der Waals surface area contributed by atoms with Crippen LogP contribution in [0.15, 0.2) is 24.3 Å². The van der Waals surface area contributed by atoms with Gasteiger partial charge in [-0.15, -0.1) is 22.9 Å². The smallest absolute Gasteiger partial charge is 0.0568 e. The minimum atomic E-state index is 0.565. The highest BCUT2D eigenvalue weighted by Crippen LogP contribution is 2.31. The summed E-state index contributed by atoms with van der Waals surface area (Å²) in [6.45, 7) is 0. The van der Waals surface area contributed by atoms with Crippen molar-refractivity contribution >= 4 is 44.6 Å². The minimum absolute atomic E-state index is 0.565. The van der Waals surface area contributed by atoms with E-state index in [-0.39, 0.29) is 0 Å². The second kappa shape index (κ2) is 3.25. The van der Waals surface area contributed by atoms with E-state index in [1.807, 2.05) is 12.1 Å². The lowest BCUT2D eigenvalue weighted by Crippen LogP contribution is -1.64. The molecule has 1 heterocycles. The third kappa shape index (κ3) is 1.33. The second-order valence-corrected chi connectivity index (χ2v) is 4.34. The highest BCUT2D eigenvalue weighted by Gasteiger charge is 2.02. The van der Waals surface area contributed by atoms with Gasteiger partial charge in [0.15, 0.2) is 0 Å². The van der Waals surface area contributed by atoms with Gasteiger partial charge in [0.25, 0.3) is 0 Å². The summed E-state index contributed by atoms with van der Waals surface area (Å²) < 4.78 is 1.21. The predicted molar refractivity (Wildman–Crippen MR) is 56.4 cm³/mol. The molecule has 12 heavy (non-hydrogen) atoms. The first kappa shape index (κ1) is 8.36. The van der Waals surface area contributed by atoms with Crippen LogP contribution in [-0.4, -0.2) is 0 Å². The van der Waals surface area contributed by atoms with Crippen LogP contribution in [0.25, 0.3) is 10.1 Å². The number of hydrogen-bond donors (Lipinski definition) is 0. The Bertz CT molecular complexity index is 406. The molecule has 1 aromatic heterocycles. The molecule has 0 aliphatic rings. The van der Waals surface area contributed by atoms with Crippen molar-refractivity contribution in [2.45, 2.75) is 5.88 Å². The molecular formula is C9H6Cl2S. The number of rotatable bonds is 1. The van der Waals surface area contributed by atoms with Crippen molar-refractivity contribution in [3.8, 4) is 0 Å². The first-order valence-electron chi connectivity index (χ1n) is 3.54. The third-order valence-corrected chi connectivity index (χ3v) is 3.57. The van der Waals surface area contributed by atoms with Crippen molar-refractivity contribution in [3.05, 3.63) is 34.2 Å². The molecule has 0 N–H and O–H groups in total. The Balaban J connectivity index is 2.74. The molecule has 2 aromatic rings. The van der Waals surface area contributed by atoms with E-state index in [0.29, 0.717) is 5.88 Å². The van der Waals surface area contributed by atoms with E-state index in [2.05, 4.69) is 12.1 Å². The third-order valence-electron chi connectivity index (χ3n) is 1.69. The van der Waals surface area contributed by atoms with Gasteiger partial charge in [-0.25, -0.2) is 0 Å². The van der Waals surface area contributed by atoms with Gasteiger partial charge in [0.05, 0.1) is 5.88 Å². The Morgan fingerprint density at radius 1 is 1.33 bits per heavy atom. The summed E-state index contributed by atoms with van der Waals surface area (Å²) in [6.07, 6.45) is 0. The number of fused-ring (bicyclic) bond motifs is 1. The summed E-state index contributed by atoms with van der Waals surface area (Å²) in [7, 11) is 0. The number of halogens is 2. The van der Waals surface area contributed by atoms with E-state index in [0.717, 1.165) is 10.4 Å². The Labute approximate surface area is 84.7 Å². The lowest BCUT2D eigenvalue weighted by Gasteiger charge is -1.89. The maximum atomic E-state index is 5.99. The van der Waals surface area contributed by atoms with Gasteiger partial charge in [-0.2, -0.15) is 0 Å². The van der Waals surface area contributed by atoms with Gasteiger partial charge in [-0.1, -0.05) is 17.7 Å². The van der Waals surface area contributed by atoms with Crippen LogP contribution in [0, 0.1) is 0 Å². The minimum Gasteiger partial charge on any atom is -0.139 e. The molecular weight excluding hydrogens is 211 g/mol. The predicted octanol–water partition coefficient (Wildman–Crippen LogP) is 4.29. The zero-order chi connectivity index (χ0) is 8.55. The first-order chi connectivity index (χ1) is 5.81. The van der Waals surface area contributed by atoms with E-state index < -0.39 is 0 Å². The van der Waals surface area contributed by atoms with Crippen molar-refractivity contribution < 1.29 is 0 Å². The molecule has 0 spiro atoms. The summed E-state index contributed by atoms with van der Waals surface area (Å²) >= 11 is 13.4. The fourth-order valence-electron chi connectivity index (χ4n) is 1.14. The highest BCUT2D eigenvalue weighted by atomic mass is 35.5. The summed E-state index contributed by atoms with van der Waals surface area (Å²) in [5.41, 5.74) is 0. The Hall–Kier alpha value is -0.240. The summed E-state index contributed by atoms with van der Waals surface area (Å²) in [4.78, 5) is 1.17. The molecule has 0 amide bonds. The second-order valence-electron chi connectivity index (χ2n) is 2.50. The van der Waals surface area contributed by atoms with E-state index >= 15 is 0 Å². The number of alkyl halides is 1. The molecule has 0 aliphatic carbocycles. The fourth-order valence-corrected chi connectivity index (χ4v) is 2.61. The molecule has 2 rings (SSSR count). The Morgan fingerprint density at radius 2 is 2.17 bits per heavy atom. The van der Waals surface area contributed by atoms with Crippen LogP contribution >= 0.6 is 34.5 Å². The molecule has 0 aliphatic heterocycles. The number of benzene rings is 1. The topological polar surface area (TPSA) is 0 Å². The van der Waals surface area contributed by atoms with E-state index in [4.69, 9.17) is 23.2 Å². The summed E-state index contributed by atoms with van der Waals surface area (Å²) in [5, 5.41) is 1.92. The lowest BCUT2D eigenvalue weighted by molar-refractivity contribution is 1.54. The van der Waals surface area contributed by atoms with Crippen molar-refractivity contribution in [1.29, 1.82) is 0 Å². The summed E-state index contributed by atoms with van der Waals surface area (Å²) in [6, 6.07) is 7.96. The van der Waals surface area contributed by atoms with Crippen LogP contribution in [0.5, 0.6) is 0 Å². The van der Waals surface area contributed by atoms with Gasteiger partial charge in [0.2, 0.25) is 0 Å². The normalized spacial score (nSPS) is 10.8. The summed E-state index contributed by atoms with van der Waals surface area (Å²) in [5.74, 6) is 0.565. The Morgan fingerprint density at radius 3 is 2.83 bits per heavy atom. The number of thiophene rings is 1. The zero-order valence-corrected chi connectivity index (χ0v) is 8.51. The van der Waals surface area contributed by atoms with Gasteiger partial charge in [-0.05, 0) is 18.2 Å². The van der Waals surface area contributed by atoms with Gasteiger partial charge in [-0.3, -0.25) is 0 Å². The average Bonchev–Trinajstić information content (AvgIpc) is 2.49. The van der Waals surface area contributed by atoms with Crippen LogP contribution in [0.1, 0.15) is 4.88 Å². The standard InChI is InChI=1S/C9H6Cl2S/c10-5-6-4-7-8(11)2-1-3-9(7)12-6/h1-4H,5H2. The van der Waals surface area contributed by atoms with E-state index in [1.165, 1.54) is 9.58 Å². The molecule has 62 valence electrons. The van der Waals surface area contributed by atoms with Crippen LogP contribution in [0.2, 0.25) is 5.02 Å². The quantitative estimate of drug-likeness (QED) is 0.625. The molecule has 0 radical (unpaired) electrons. The van der Waals surface area contributed by atoms with Crippen molar-refractivity contribution in [1.82, 2.24) is 0 Å². The van der Waals surface area contributed by atoms with Crippen molar-refractivity contribution in [2.24, 2.45) is 0 Å². The lowest BCUT2D eigenvalue weighted by atomic mass is 10.2. The molecule has 0 nitrogen and oxygen atoms in total. The van der Waals surface area contributed by atoms with Crippen LogP contribution in [0.4, 0.5) is 0 Å². The molecule has 0 saturated heterocycles. The maximum absolute atomic E-state index is 5.99. The van der Waals surface area contributed by atoms with E-state index in [1.54, 1.807) is 11.3 Å². The zero-order valence-electron chi connectivity index (χ0n) is 6.18. The van der Waals surface area contributed by atoms with Gasteiger partial charge < -0.3 is 0 Å². The molecule has 0 saturated carbocycles. The van der Waals surface area contributed by atoms with E-state index in [9.17, 15) is 0 Å². The molecule has 0 unspecified atom stereocenters. The van der Waals surface area contributed by atoms with Gasteiger partial charge in [0, 0.05) is 20.0 Å². The van der Waals surface area contributed by atoms with Crippen molar-refractivity contribution in [3.63, 3.8) is 0 Å². The fraction of sp³-hybridized carbons (Fsp3) is 0.111. The van der Waals surface area contributed by atoms with Crippen molar-refractivity contribution in [2.75, 3.05) is 0 Å². The average molecular weight is 217 g/mol. The molecule has 1 aromatic carbocycles. The van der Waals surface area contributed by atoms with Crippen LogP contribution < -0.4 is 0 Å². The highest BCUT2D eigenvalue weighted by molar-refractivity contribution is 7.19. The molecule has 0 atom stereocenters. The molecule has 0 bridgehead atoms. The number of hydrogen-bond acceptors (Lipinski definition) is 1. The molecule has 0 fully saturated rings. The Kier molecular flexibility index (Phi) is 2.26. The SMILES string of the molecule is ClCc1cc2c(Cl)cccc2s1. The monoisotopic (exact) mass is 216 g/mol. The molecule has 3 heteroatoms. The van der Waals surface area contributed by atoms with Gasteiger partial charge >= 0.3 is 0 Å². The largest absolute Gasteiger partial charge is 0.139 e. The first-order valence-corrected chi connectivity index (χ1v) is 5.27.